The Hall–Kier alpha value is -0.620. The fraction of sp³-hybridized carbons (Fsp3) is 0.462. The van der Waals surface area contributed by atoms with Crippen LogP contribution in [0.4, 0.5) is 0 Å². The van der Waals surface area contributed by atoms with E-state index in [9.17, 15) is 4.79 Å². The van der Waals surface area contributed by atoms with E-state index in [1.54, 1.807) is 0 Å². The first-order valence-electron chi connectivity index (χ1n) is 6.04. The smallest absolute Gasteiger partial charge is 0.305 e. The minimum Gasteiger partial charge on any atom is -0.481 e. The van der Waals surface area contributed by atoms with Crippen LogP contribution in [0.5, 0.6) is 0 Å². The van der Waals surface area contributed by atoms with Crippen LogP contribution in [0.3, 0.4) is 0 Å². The standard InChI is InChI=1S/C13H15BrClNO3/c14-12-5-10(15)2-1-9(12)7-16-3-4-19-8-11(16)6-13(17)18/h1-2,5,11H,3-4,6-8H2,(H,17,18). The number of halogens is 2. The number of ether oxygens (including phenoxy) is 1. The Morgan fingerprint density at radius 2 is 2.37 bits per heavy atom. The van der Waals surface area contributed by atoms with Crippen molar-refractivity contribution >= 4 is 33.5 Å². The van der Waals surface area contributed by atoms with Gasteiger partial charge in [-0.1, -0.05) is 33.6 Å². The van der Waals surface area contributed by atoms with Crippen molar-refractivity contribution in [2.75, 3.05) is 19.8 Å². The maximum absolute atomic E-state index is 10.9. The van der Waals surface area contributed by atoms with E-state index in [0.29, 0.717) is 24.8 Å². The average Bonchev–Trinajstić information content (AvgIpc) is 2.34. The second-order valence-corrected chi connectivity index (χ2v) is 5.82. The zero-order valence-electron chi connectivity index (χ0n) is 10.3. The molecule has 0 radical (unpaired) electrons. The molecule has 1 fully saturated rings. The Labute approximate surface area is 125 Å². The molecule has 19 heavy (non-hydrogen) atoms. The summed E-state index contributed by atoms with van der Waals surface area (Å²) < 4.78 is 6.31. The van der Waals surface area contributed by atoms with Gasteiger partial charge in [-0.3, -0.25) is 9.69 Å². The van der Waals surface area contributed by atoms with Crippen LogP contribution in [-0.4, -0.2) is 41.8 Å². The van der Waals surface area contributed by atoms with Crippen molar-refractivity contribution in [2.45, 2.75) is 19.0 Å². The molecule has 1 N–H and O–H groups in total. The highest BCUT2D eigenvalue weighted by Gasteiger charge is 2.25. The zero-order chi connectivity index (χ0) is 13.8. The predicted molar refractivity (Wildman–Crippen MR) is 76.4 cm³/mol. The average molecular weight is 349 g/mol. The fourth-order valence-electron chi connectivity index (χ4n) is 2.16. The van der Waals surface area contributed by atoms with E-state index in [-0.39, 0.29) is 12.5 Å². The number of benzene rings is 1. The first-order valence-corrected chi connectivity index (χ1v) is 7.21. The quantitative estimate of drug-likeness (QED) is 0.909. The Morgan fingerprint density at radius 3 is 3.05 bits per heavy atom. The molecule has 0 aliphatic carbocycles. The topological polar surface area (TPSA) is 49.8 Å². The Kier molecular flexibility index (Phi) is 5.21. The summed E-state index contributed by atoms with van der Waals surface area (Å²) in [5.74, 6) is -0.796. The molecule has 1 heterocycles. The molecule has 2 rings (SSSR count). The van der Waals surface area contributed by atoms with Gasteiger partial charge >= 0.3 is 5.97 Å². The number of rotatable bonds is 4. The number of aliphatic carboxylic acids is 1. The normalized spacial score (nSPS) is 20.4. The van der Waals surface area contributed by atoms with E-state index in [1.165, 1.54) is 0 Å². The minimum absolute atomic E-state index is 0.0752. The van der Waals surface area contributed by atoms with Gasteiger partial charge in [0.05, 0.1) is 19.6 Å². The van der Waals surface area contributed by atoms with Crippen LogP contribution in [0.1, 0.15) is 12.0 Å². The van der Waals surface area contributed by atoms with Crippen LogP contribution in [0, 0.1) is 0 Å². The number of carboxylic acid groups (broad SMARTS) is 1. The lowest BCUT2D eigenvalue weighted by molar-refractivity contribution is -0.140. The summed E-state index contributed by atoms with van der Waals surface area (Å²) in [7, 11) is 0. The van der Waals surface area contributed by atoms with Crippen LogP contribution >= 0.6 is 27.5 Å². The highest BCUT2D eigenvalue weighted by molar-refractivity contribution is 9.10. The van der Waals surface area contributed by atoms with Crippen molar-refractivity contribution in [1.29, 1.82) is 0 Å². The summed E-state index contributed by atoms with van der Waals surface area (Å²) in [6.07, 6.45) is 0.102. The summed E-state index contributed by atoms with van der Waals surface area (Å²) in [6.45, 7) is 2.55. The SMILES string of the molecule is O=C(O)CC1COCCN1Cc1ccc(Cl)cc1Br. The first kappa shape index (κ1) is 14.8. The van der Waals surface area contributed by atoms with Gasteiger partial charge in [-0.25, -0.2) is 0 Å². The lowest BCUT2D eigenvalue weighted by atomic mass is 10.1. The van der Waals surface area contributed by atoms with Crippen molar-refractivity contribution in [1.82, 2.24) is 4.90 Å². The molecule has 1 unspecified atom stereocenters. The molecular formula is C13H15BrClNO3. The van der Waals surface area contributed by atoms with Crippen LogP contribution in [-0.2, 0) is 16.1 Å². The van der Waals surface area contributed by atoms with Crippen molar-refractivity contribution in [3.63, 3.8) is 0 Å². The predicted octanol–water partition coefficient (Wildman–Crippen LogP) is 2.78. The lowest BCUT2D eigenvalue weighted by Gasteiger charge is -2.35. The number of hydrogen-bond acceptors (Lipinski definition) is 3. The second-order valence-electron chi connectivity index (χ2n) is 4.53. The summed E-state index contributed by atoms with van der Waals surface area (Å²) in [4.78, 5) is 13.0. The third-order valence-electron chi connectivity index (χ3n) is 3.15. The lowest BCUT2D eigenvalue weighted by Crippen LogP contribution is -2.45. The maximum atomic E-state index is 10.9. The third kappa shape index (κ3) is 4.18. The maximum Gasteiger partial charge on any atom is 0.305 e. The van der Waals surface area contributed by atoms with E-state index < -0.39 is 5.97 Å². The Bertz CT molecular complexity index is 469. The molecule has 4 nitrogen and oxygen atoms in total. The van der Waals surface area contributed by atoms with Crippen molar-refractivity contribution in [3.8, 4) is 0 Å². The van der Waals surface area contributed by atoms with Crippen LogP contribution in [0.2, 0.25) is 5.02 Å². The van der Waals surface area contributed by atoms with Crippen LogP contribution in [0.25, 0.3) is 0 Å². The molecule has 1 aromatic carbocycles. The molecule has 0 spiro atoms. The number of morpholine rings is 1. The molecule has 104 valence electrons. The molecule has 0 saturated carbocycles. The number of carbonyl (C=O) groups is 1. The number of hydrogen-bond donors (Lipinski definition) is 1. The number of nitrogens with zero attached hydrogens (tertiary/aromatic N) is 1. The molecule has 0 amide bonds. The summed E-state index contributed by atoms with van der Waals surface area (Å²) in [6, 6.07) is 5.58. The Morgan fingerprint density at radius 1 is 1.58 bits per heavy atom. The van der Waals surface area contributed by atoms with E-state index in [4.69, 9.17) is 21.4 Å². The molecular weight excluding hydrogens is 334 g/mol. The minimum atomic E-state index is -0.796. The van der Waals surface area contributed by atoms with E-state index in [0.717, 1.165) is 16.6 Å². The van der Waals surface area contributed by atoms with Gasteiger partial charge < -0.3 is 9.84 Å². The molecule has 1 aliphatic rings. The first-order chi connectivity index (χ1) is 9.06. The molecule has 1 aromatic rings. The number of carboxylic acids is 1. The van der Waals surface area contributed by atoms with Crippen LogP contribution < -0.4 is 0 Å². The van der Waals surface area contributed by atoms with Gasteiger partial charge in [-0.15, -0.1) is 0 Å². The van der Waals surface area contributed by atoms with Gasteiger partial charge in [0, 0.05) is 28.6 Å². The highest BCUT2D eigenvalue weighted by Crippen LogP contribution is 2.24. The van der Waals surface area contributed by atoms with Gasteiger partial charge in [-0.05, 0) is 17.7 Å². The largest absolute Gasteiger partial charge is 0.481 e. The van der Waals surface area contributed by atoms with E-state index >= 15 is 0 Å². The van der Waals surface area contributed by atoms with Gasteiger partial charge in [0.2, 0.25) is 0 Å². The van der Waals surface area contributed by atoms with Crippen molar-refractivity contribution in [2.24, 2.45) is 0 Å². The monoisotopic (exact) mass is 347 g/mol. The van der Waals surface area contributed by atoms with Crippen LogP contribution in [0.15, 0.2) is 22.7 Å². The fourth-order valence-corrected chi connectivity index (χ4v) is 2.96. The van der Waals surface area contributed by atoms with E-state index in [1.807, 2.05) is 18.2 Å². The summed E-state index contributed by atoms with van der Waals surface area (Å²) >= 11 is 9.40. The third-order valence-corrected chi connectivity index (χ3v) is 4.12. The summed E-state index contributed by atoms with van der Waals surface area (Å²) in [5, 5.41) is 9.61. The van der Waals surface area contributed by atoms with Gasteiger partial charge in [0.25, 0.3) is 0 Å². The zero-order valence-corrected chi connectivity index (χ0v) is 12.7. The van der Waals surface area contributed by atoms with Gasteiger partial charge in [-0.2, -0.15) is 0 Å². The molecule has 1 saturated heterocycles. The van der Waals surface area contributed by atoms with Gasteiger partial charge in [0.1, 0.15) is 0 Å². The van der Waals surface area contributed by atoms with E-state index in [2.05, 4.69) is 20.8 Å². The molecule has 1 atom stereocenters. The Balaban J connectivity index is 2.08. The molecule has 1 aliphatic heterocycles. The molecule has 6 heteroatoms. The molecule has 0 aromatic heterocycles. The highest BCUT2D eigenvalue weighted by atomic mass is 79.9. The van der Waals surface area contributed by atoms with Crippen molar-refractivity contribution in [3.05, 3.63) is 33.3 Å². The van der Waals surface area contributed by atoms with Gasteiger partial charge in [0.15, 0.2) is 0 Å². The summed E-state index contributed by atoms with van der Waals surface area (Å²) in [5.41, 5.74) is 1.10. The van der Waals surface area contributed by atoms with Crippen molar-refractivity contribution < 1.29 is 14.6 Å². The second kappa shape index (κ2) is 6.70. The molecule has 0 bridgehead atoms.